The van der Waals surface area contributed by atoms with Crippen molar-refractivity contribution in [3.8, 4) is 5.69 Å². The lowest BCUT2D eigenvalue weighted by atomic mass is 10.2. The molecular formula is C26H26ClN5OS. The van der Waals surface area contributed by atoms with Crippen molar-refractivity contribution in [1.82, 2.24) is 20.1 Å². The van der Waals surface area contributed by atoms with Crippen molar-refractivity contribution < 1.29 is 4.79 Å². The van der Waals surface area contributed by atoms with Crippen LogP contribution in [0.5, 0.6) is 0 Å². The molecule has 4 rings (SSSR count). The number of hydrogen-bond donors (Lipinski definition) is 2. The highest BCUT2D eigenvalue weighted by Crippen LogP contribution is 2.28. The van der Waals surface area contributed by atoms with Gasteiger partial charge in [-0.05, 0) is 56.2 Å². The molecule has 1 aromatic heterocycles. The standard InChI is InChI=1S/C26H26ClN5OS/c1-17-7-11-22(12-8-17)29-25(33)28-15-24-30-31-26(34-16-20-6-4-5-18(2)13-20)32(24)23-14-21(27)10-9-19(23)3/h4-14H,15-16H2,1-3H3,(H2,28,29,33). The van der Waals surface area contributed by atoms with Crippen LogP contribution >= 0.6 is 23.4 Å². The largest absolute Gasteiger partial charge is 0.331 e. The highest BCUT2D eigenvalue weighted by molar-refractivity contribution is 7.98. The molecule has 4 aromatic rings. The van der Waals surface area contributed by atoms with Crippen molar-refractivity contribution in [3.05, 3.63) is 99.8 Å². The van der Waals surface area contributed by atoms with Gasteiger partial charge in [0.2, 0.25) is 0 Å². The predicted octanol–water partition coefficient (Wildman–Crippen LogP) is 6.46. The van der Waals surface area contributed by atoms with Crippen LogP contribution in [0.4, 0.5) is 10.5 Å². The van der Waals surface area contributed by atoms with Gasteiger partial charge in [-0.2, -0.15) is 0 Å². The predicted molar refractivity (Wildman–Crippen MR) is 139 cm³/mol. The molecule has 0 spiro atoms. The van der Waals surface area contributed by atoms with Crippen LogP contribution in [-0.2, 0) is 12.3 Å². The van der Waals surface area contributed by atoms with E-state index in [4.69, 9.17) is 11.6 Å². The molecule has 8 heteroatoms. The van der Waals surface area contributed by atoms with E-state index in [9.17, 15) is 4.79 Å². The van der Waals surface area contributed by atoms with Crippen LogP contribution in [0.15, 0.2) is 71.9 Å². The minimum absolute atomic E-state index is 0.210. The quantitative estimate of drug-likeness (QED) is 0.291. The topological polar surface area (TPSA) is 71.8 Å². The Hall–Kier alpha value is -3.29. The number of nitrogens with zero attached hydrogens (tertiary/aromatic N) is 3. The zero-order valence-corrected chi connectivity index (χ0v) is 20.9. The molecule has 34 heavy (non-hydrogen) atoms. The second kappa shape index (κ2) is 10.8. The highest BCUT2D eigenvalue weighted by Gasteiger charge is 2.17. The van der Waals surface area contributed by atoms with Crippen molar-refractivity contribution in [2.24, 2.45) is 0 Å². The van der Waals surface area contributed by atoms with Crippen LogP contribution in [0.3, 0.4) is 0 Å². The summed E-state index contributed by atoms with van der Waals surface area (Å²) in [7, 11) is 0. The molecule has 0 aliphatic rings. The second-order valence-corrected chi connectivity index (χ2v) is 9.50. The van der Waals surface area contributed by atoms with Gasteiger partial charge in [0.1, 0.15) is 0 Å². The van der Waals surface area contributed by atoms with E-state index >= 15 is 0 Å². The lowest BCUT2D eigenvalue weighted by molar-refractivity contribution is 0.251. The number of amides is 2. The minimum atomic E-state index is -0.310. The van der Waals surface area contributed by atoms with Crippen molar-refractivity contribution in [3.63, 3.8) is 0 Å². The van der Waals surface area contributed by atoms with E-state index in [-0.39, 0.29) is 12.6 Å². The van der Waals surface area contributed by atoms with Gasteiger partial charge < -0.3 is 10.6 Å². The first-order valence-corrected chi connectivity index (χ1v) is 12.3. The number of urea groups is 1. The maximum atomic E-state index is 12.5. The first-order chi connectivity index (χ1) is 16.4. The number of carbonyl (C=O) groups is 1. The molecule has 2 N–H and O–H groups in total. The molecule has 174 valence electrons. The van der Waals surface area contributed by atoms with E-state index in [2.05, 4.69) is 52.0 Å². The molecule has 0 unspecified atom stereocenters. The molecule has 0 saturated carbocycles. The molecule has 0 bridgehead atoms. The third-order valence-electron chi connectivity index (χ3n) is 5.28. The lowest BCUT2D eigenvalue weighted by Gasteiger charge is -2.14. The molecular weight excluding hydrogens is 466 g/mol. The molecule has 0 radical (unpaired) electrons. The van der Waals surface area contributed by atoms with Crippen molar-refractivity contribution in [1.29, 1.82) is 0 Å². The third-order valence-corrected chi connectivity index (χ3v) is 6.51. The van der Waals surface area contributed by atoms with Crippen LogP contribution in [0.25, 0.3) is 5.69 Å². The van der Waals surface area contributed by atoms with E-state index in [1.807, 2.05) is 60.9 Å². The molecule has 2 amide bonds. The summed E-state index contributed by atoms with van der Waals surface area (Å²) in [6.45, 7) is 6.31. The van der Waals surface area contributed by atoms with E-state index < -0.39 is 0 Å². The molecule has 0 fully saturated rings. The van der Waals surface area contributed by atoms with Gasteiger partial charge in [-0.1, -0.05) is 77.0 Å². The summed E-state index contributed by atoms with van der Waals surface area (Å²) in [6, 6.07) is 21.4. The SMILES string of the molecule is Cc1ccc(NC(=O)NCc2nnc(SCc3cccc(C)c3)n2-c2cc(Cl)ccc2C)cc1. The summed E-state index contributed by atoms with van der Waals surface area (Å²) in [5.41, 5.74) is 6.21. The van der Waals surface area contributed by atoms with E-state index in [0.29, 0.717) is 10.8 Å². The zero-order chi connectivity index (χ0) is 24.1. The third kappa shape index (κ3) is 5.98. The average molecular weight is 492 g/mol. The number of carbonyl (C=O) groups excluding carboxylic acids is 1. The summed E-state index contributed by atoms with van der Waals surface area (Å²) in [4.78, 5) is 12.5. The van der Waals surface area contributed by atoms with E-state index in [1.165, 1.54) is 11.1 Å². The molecule has 3 aromatic carbocycles. The highest BCUT2D eigenvalue weighted by atomic mass is 35.5. The van der Waals surface area contributed by atoms with Crippen molar-refractivity contribution in [2.45, 2.75) is 38.2 Å². The van der Waals surface area contributed by atoms with Crippen LogP contribution in [0.1, 0.15) is 28.1 Å². The van der Waals surface area contributed by atoms with Gasteiger partial charge in [0.05, 0.1) is 12.2 Å². The summed E-state index contributed by atoms with van der Waals surface area (Å²) >= 11 is 7.91. The van der Waals surface area contributed by atoms with Gasteiger partial charge in [0.25, 0.3) is 0 Å². The zero-order valence-electron chi connectivity index (χ0n) is 19.3. The molecule has 1 heterocycles. The molecule has 0 atom stereocenters. The normalized spacial score (nSPS) is 10.8. The average Bonchev–Trinajstić information content (AvgIpc) is 3.22. The molecule has 6 nitrogen and oxygen atoms in total. The van der Waals surface area contributed by atoms with Crippen LogP contribution < -0.4 is 10.6 Å². The fraction of sp³-hybridized carbons (Fsp3) is 0.192. The van der Waals surface area contributed by atoms with Crippen LogP contribution in [-0.4, -0.2) is 20.8 Å². The molecule has 0 aliphatic carbocycles. The second-order valence-electron chi connectivity index (χ2n) is 8.12. The van der Waals surface area contributed by atoms with Gasteiger partial charge in [0.15, 0.2) is 11.0 Å². The van der Waals surface area contributed by atoms with E-state index in [0.717, 1.165) is 33.4 Å². The van der Waals surface area contributed by atoms with Crippen LogP contribution in [0, 0.1) is 20.8 Å². The minimum Gasteiger partial charge on any atom is -0.331 e. The maximum Gasteiger partial charge on any atom is 0.319 e. The molecule has 0 aliphatic heterocycles. The van der Waals surface area contributed by atoms with E-state index in [1.54, 1.807) is 11.8 Å². The number of hydrogen-bond acceptors (Lipinski definition) is 4. The smallest absolute Gasteiger partial charge is 0.319 e. The number of anilines is 1. The van der Waals surface area contributed by atoms with Gasteiger partial charge in [0, 0.05) is 16.5 Å². The van der Waals surface area contributed by atoms with Gasteiger partial charge in [-0.3, -0.25) is 4.57 Å². The number of nitrogens with one attached hydrogen (secondary N) is 2. The monoisotopic (exact) mass is 491 g/mol. The fourth-order valence-corrected chi connectivity index (χ4v) is 4.57. The van der Waals surface area contributed by atoms with Gasteiger partial charge >= 0.3 is 6.03 Å². The summed E-state index contributed by atoms with van der Waals surface area (Å²) in [6.07, 6.45) is 0. The Morgan fingerprint density at radius 3 is 2.53 bits per heavy atom. The Kier molecular flexibility index (Phi) is 7.55. The Balaban J connectivity index is 1.55. The number of aryl methyl sites for hydroxylation is 3. The maximum absolute atomic E-state index is 12.5. The Labute approximate surface area is 208 Å². The summed E-state index contributed by atoms with van der Waals surface area (Å²) in [5, 5.41) is 15.9. The number of rotatable bonds is 7. The number of aromatic nitrogens is 3. The number of halogens is 1. The Bertz CT molecular complexity index is 1300. The first-order valence-electron chi connectivity index (χ1n) is 10.9. The van der Waals surface area contributed by atoms with Crippen molar-refractivity contribution >= 4 is 35.1 Å². The number of benzene rings is 3. The van der Waals surface area contributed by atoms with Gasteiger partial charge in [-0.25, -0.2) is 4.79 Å². The summed E-state index contributed by atoms with van der Waals surface area (Å²) < 4.78 is 1.97. The lowest BCUT2D eigenvalue weighted by Crippen LogP contribution is -2.29. The fourth-order valence-electron chi connectivity index (χ4n) is 3.50. The Morgan fingerprint density at radius 1 is 0.971 bits per heavy atom. The van der Waals surface area contributed by atoms with Gasteiger partial charge in [-0.15, -0.1) is 10.2 Å². The first kappa shape index (κ1) is 23.9. The summed E-state index contributed by atoms with van der Waals surface area (Å²) in [5.74, 6) is 1.37. The Morgan fingerprint density at radius 2 is 1.76 bits per heavy atom. The van der Waals surface area contributed by atoms with Crippen molar-refractivity contribution in [2.75, 3.05) is 5.32 Å². The van der Waals surface area contributed by atoms with Crippen LogP contribution in [0.2, 0.25) is 5.02 Å². The number of thioether (sulfide) groups is 1. The molecule has 0 saturated heterocycles.